The summed E-state index contributed by atoms with van der Waals surface area (Å²) < 4.78 is 0. The van der Waals surface area contributed by atoms with E-state index in [1.807, 2.05) is 0 Å². The zero-order valence-electron chi connectivity index (χ0n) is 10.6. The normalized spacial score (nSPS) is 20.9. The number of aliphatic carboxylic acids is 1. The molecule has 0 aromatic rings. The van der Waals surface area contributed by atoms with Crippen LogP contribution in [0.5, 0.6) is 0 Å². The molecule has 1 fully saturated rings. The Labute approximate surface area is 98.8 Å². The van der Waals surface area contributed by atoms with Crippen LogP contribution in [-0.4, -0.2) is 35.6 Å². The number of likely N-dealkylation sites (tertiary alicyclic amines) is 1. The first-order chi connectivity index (χ1) is 7.58. The molecule has 0 spiro atoms. The number of carboxylic acids is 1. The van der Waals surface area contributed by atoms with E-state index in [0.29, 0.717) is 12.3 Å². The molecule has 0 bridgehead atoms. The van der Waals surface area contributed by atoms with Crippen LogP contribution >= 0.6 is 0 Å². The Kier molecular flexibility index (Phi) is 5.81. The van der Waals surface area contributed by atoms with E-state index in [4.69, 9.17) is 5.11 Å². The molecular weight excluding hydrogens is 202 g/mol. The molecule has 3 nitrogen and oxygen atoms in total. The van der Waals surface area contributed by atoms with Crippen LogP contribution in [0.3, 0.4) is 0 Å². The first-order valence-corrected chi connectivity index (χ1v) is 6.52. The highest BCUT2D eigenvalue weighted by atomic mass is 16.4. The number of carbonyl (C=O) groups is 1. The molecule has 1 heterocycles. The highest BCUT2D eigenvalue weighted by Gasteiger charge is 2.16. The lowest BCUT2D eigenvalue weighted by atomic mass is 9.97. The third-order valence-electron chi connectivity index (χ3n) is 3.67. The summed E-state index contributed by atoms with van der Waals surface area (Å²) in [5.41, 5.74) is 0. The van der Waals surface area contributed by atoms with Gasteiger partial charge in [0.1, 0.15) is 0 Å². The Morgan fingerprint density at radius 2 is 2.00 bits per heavy atom. The third kappa shape index (κ3) is 5.50. The molecule has 1 unspecified atom stereocenters. The average molecular weight is 227 g/mol. The molecule has 16 heavy (non-hydrogen) atoms. The fourth-order valence-electron chi connectivity index (χ4n) is 2.20. The second kappa shape index (κ2) is 6.89. The smallest absolute Gasteiger partial charge is 0.303 e. The summed E-state index contributed by atoms with van der Waals surface area (Å²) in [6, 6.07) is 0. The Bertz CT molecular complexity index is 210. The van der Waals surface area contributed by atoms with Crippen molar-refractivity contribution in [1.29, 1.82) is 0 Å². The third-order valence-corrected chi connectivity index (χ3v) is 3.67. The average Bonchev–Trinajstić information content (AvgIpc) is 2.25. The van der Waals surface area contributed by atoms with Gasteiger partial charge in [-0.05, 0) is 57.2 Å². The first kappa shape index (κ1) is 13.5. The van der Waals surface area contributed by atoms with Crippen LogP contribution in [0.2, 0.25) is 0 Å². The molecule has 0 aliphatic carbocycles. The lowest BCUT2D eigenvalue weighted by molar-refractivity contribution is -0.137. The Balaban J connectivity index is 2.07. The predicted molar refractivity (Wildman–Crippen MR) is 65.5 cm³/mol. The lowest BCUT2D eigenvalue weighted by Gasteiger charge is -2.30. The molecule has 1 N–H and O–H groups in total. The predicted octanol–water partition coefficient (Wildman–Crippen LogP) is 2.61. The summed E-state index contributed by atoms with van der Waals surface area (Å²) in [7, 11) is 0. The minimum Gasteiger partial charge on any atom is -0.481 e. The van der Waals surface area contributed by atoms with Gasteiger partial charge in [-0.2, -0.15) is 0 Å². The maximum atomic E-state index is 10.4. The van der Waals surface area contributed by atoms with Crippen molar-refractivity contribution in [3.05, 3.63) is 0 Å². The molecule has 1 aliphatic heterocycles. The topological polar surface area (TPSA) is 40.5 Å². The van der Waals surface area contributed by atoms with Crippen LogP contribution in [0.15, 0.2) is 0 Å². The highest BCUT2D eigenvalue weighted by Crippen LogP contribution is 2.18. The Hall–Kier alpha value is -0.570. The molecule has 1 atom stereocenters. The van der Waals surface area contributed by atoms with Gasteiger partial charge in [0.25, 0.3) is 0 Å². The molecule has 0 saturated carbocycles. The van der Waals surface area contributed by atoms with Gasteiger partial charge in [-0.3, -0.25) is 4.79 Å². The summed E-state index contributed by atoms with van der Waals surface area (Å²) in [6.07, 6.45) is 4.92. The molecule has 1 rings (SSSR count). The van der Waals surface area contributed by atoms with Crippen molar-refractivity contribution < 1.29 is 9.90 Å². The van der Waals surface area contributed by atoms with Crippen molar-refractivity contribution in [2.24, 2.45) is 11.8 Å². The van der Waals surface area contributed by atoms with Gasteiger partial charge in [0.05, 0.1) is 0 Å². The lowest BCUT2D eigenvalue weighted by Crippen LogP contribution is -2.34. The van der Waals surface area contributed by atoms with Crippen LogP contribution < -0.4 is 0 Å². The van der Waals surface area contributed by atoms with Gasteiger partial charge in [0.15, 0.2) is 0 Å². The second-order valence-corrected chi connectivity index (χ2v) is 5.35. The van der Waals surface area contributed by atoms with Crippen molar-refractivity contribution in [3.8, 4) is 0 Å². The van der Waals surface area contributed by atoms with E-state index < -0.39 is 5.97 Å². The van der Waals surface area contributed by atoms with Crippen molar-refractivity contribution in [3.63, 3.8) is 0 Å². The van der Waals surface area contributed by atoms with Gasteiger partial charge in [-0.15, -0.1) is 0 Å². The zero-order chi connectivity index (χ0) is 12.0. The zero-order valence-corrected chi connectivity index (χ0v) is 10.6. The standard InChI is InChI=1S/C13H25NO2/c1-11(3-4-13(15)16)5-8-14-9-6-12(2)7-10-14/h11-12H,3-10H2,1-2H3,(H,15,16). The van der Waals surface area contributed by atoms with E-state index in [0.717, 1.165) is 25.3 Å². The van der Waals surface area contributed by atoms with E-state index >= 15 is 0 Å². The molecule has 1 saturated heterocycles. The molecule has 0 radical (unpaired) electrons. The summed E-state index contributed by atoms with van der Waals surface area (Å²) in [6.45, 7) is 8.09. The molecule has 0 aromatic heterocycles. The molecule has 0 aromatic carbocycles. The summed E-state index contributed by atoms with van der Waals surface area (Å²) in [4.78, 5) is 13.0. The van der Waals surface area contributed by atoms with Gasteiger partial charge >= 0.3 is 5.97 Å². The van der Waals surface area contributed by atoms with E-state index in [2.05, 4.69) is 18.7 Å². The van der Waals surface area contributed by atoms with Crippen LogP contribution in [0.4, 0.5) is 0 Å². The molecule has 94 valence electrons. The number of rotatable bonds is 6. The summed E-state index contributed by atoms with van der Waals surface area (Å²) in [5, 5.41) is 8.60. The van der Waals surface area contributed by atoms with Crippen molar-refractivity contribution >= 4 is 5.97 Å². The van der Waals surface area contributed by atoms with Gasteiger partial charge in [-0.25, -0.2) is 0 Å². The Morgan fingerprint density at radius 1 is 1.38 bits per heavy atom. The van der Waals surface area contributed by atoms with Gasteiger partial charge in [0, 0.05) is 6.42 Å². The van der Waals surface area contributed by atoms with E-state index in [-0.39, 0.29) is 0 Å². The first-order valence-electron chi connectivity index (χ1n) is 6.52. The van der Waals surface area contributed by atoms with Gasteiger partial charge in [-0.1, -0.05) is 13.8 Å². The van der Waals surface area contributed by atoms with E-state index in [1.54, 1.807) is 0 Å². The molecular formula is C13H25NO2. The quantitative estimate of drug-likeness (QED) is 0.758. The minimum absolute atomic E-state index is 0.318. The largest absolute Gasteiger partial charge is 0.481 e. The summed E-state index contributed by atoms with van der Waals surface area (Å²) in [5.74, 6) is 0.759. The van der Waals surface area contributed by atoms with Crippen LogP contribution in [-0.2, 0) is 4.79 Å². The second-order valence-electron chi connectivity index (χ2n) is 5.35. The summed E-state index contributed by atoms with van der Waals surface area (Å²) >= 11 is 0. The van der Waals surface area contributed by atoms with Crippen LogP contribution in [0, 0.1) is 11.8 Å². The number of piperidine rings is 1. The number of nitrogens with zero attached hydrogens (tertiary/aromatic N) is 1. The maximum absolute atomic E-state index is 10.4. The monoisotopic (exact) mass is 227 g/mol. The SMILES string of the molecule is CC(CCC(=O)O)CCN1CCC(C)CC1. The van der Waals surface area contributed by atoms with Gasteiger partial charge in [0.2, 0.25) is 0 Å². The molecule has 1 aliphatic rings. The van der Waals surface area contributed by atoms with Crippen molar-refractivity contribution in [1.82, 2.24) is 4.90 Å². The fraction of sp³-hybridized carbons (Fsp3) is 0.923. The van der Waals surface area contributed by atoms with Crippen molar-refractivity contribution in [2.45, 2.75) is 46.0 Å². The number of carboxylic acid groups (broad SMARTS) is 1. The van der Waals surface area contributed by atoms with Crippen molar-refractivity contribution in [2.75, 3.05) is 19.6 Å². The van der Waals surface area contributed by atoms with E-state index in [9.17, 15) is 4.79 Å². The van der Waals surface area contributed by atoms with Gasteiger partial charge < -0.3 is 10.0 Å². The maximum Gasteiger partial charge on any atom is 0.303 e. The molecule has 0 amide bonds. The minimum atomic E-state index is -0.668. The number of hydrogen-bond acceptors (Lipinski definition) is 2. The van der Waals surface area contributed by atoms with Crippen LogP contribution in [0.25, 0.3) is 0 Å². The van der Waals surface area contributed by atoms with Crippen LogP contribution in [0.1, 0.15) is 46.0 Å². The molecule has 3 heteroatoms. The number of hydrogen-bond donors (Lipinski definition) is 1. The Morgan fingerprint density at radius 3 is 2.56 bits per heavy atom. The van der Waals surface area contributed by atoms with E-state index in [1.165, 1.54) is 25.9 Å². The highest BCUT2D eigenvalue weighted by molar-refractivity contribution is 5.66. The fourth-order valence-corrected chi connectivity index (χ4v) is 2.20.